The number of para-hydroxylation sites is 1. The zero-order valence-electron chi connectivity index (χ0n) is 19.1. The van der Waals surface area contributed by atoms with E-state index in [0.29, 0.717) is 5.01 Å². The maximum atomic E-state index is 14.8. The number of halogens is 7. The number of alkyl halides is 4. The van der Waals surface area contributed by atoms with Crippen LogP contribution in [-0.2, 0) is 9.59 Å². The molecule has 5 nitrogen and oxygen atoms in total. The number of aliphatic hydroxyl groups is 1. The molecule has 1 heterocycles. The number of anilines is 1. The number of hydrogen-bond donors (Lipinski definition) is 1. The van der Waals surface area contributed by atoms with E-state index in [-0.39, 0.29) is 5.69 Å². The summed E-state index contributed by atoms with van der Waals surface area (Å²) in [5.74, 6) is -9.95. The van der Waals surface area contributed by atoms with E-state index < -0.39 is 76.7 Å². The van der Waals surface area contributed by atoms with Gasteiger partial charge in [-0.2, -0.15) is 5.10 Å². The van der Waals surface area contributed by atoms with Crippen LogP contribution in [0.3, 0.4) is 0 Å². The summed E-state index contributed by atoms with van der Waals surface area (Å²) in [7, 11) is 1.00. The first kappa shape index (κ1) is 29.8. The van der Waals surface area contributed by atoms with Gasteiger partial charge in [0.1, 0.15) is 23.2 Å². The van der Waals surface area contributed by atoms with Crippen molar-refractivity contribution >= 4 is 23.1 Å². The smallest absolute Gasteiger partial charge is 0.269 e. The molecule has 1 aliphatic rings. The number of nitrogens with zero attached hydrogens (tertiary/aromatic N) is 2. The third-order valence-corrected chi connectivity index (χ3v) is 4.72. The third kappa shape index (κ3) is 6.05. The van der Waals surface area contributed by atoms with Gasteiger partial charge in [-0.05, 0) is 19.1 Å². The van der Waals surface area contributed by atoms with E-state index in [9.17, 15) is 40.3 Å². The Morgan fingerprint density at radius 2 is 1.40 bits per heavy atom. The Labute approximate surface area is 196 Å². The van der Waals surface area contributed by atoms with Crippen molar-refractivity contribution < 1.29 is 45.4 Å². The summed E-state index contributed by atoms with van der Waals surface area (Å²) in [4.78, 5) is 24.5. The van der Waals surface area contributed by atoms with Crippen molar-refractivity contribution in [2.24, 2.45) is 11.0 Å². The summed E-state index contributed by atoms with van der Waals surface area (Å²) in [5.41, 5.74) is -6.40. The van der Waals surface area contributed by atoms with Gasteiger partial charge in [0.15, 0.2) is 0 Å². The van der Waals surface area contributed by atoms with E-state index in [1.807, 2.05) is 13.8 Å². The lowest BCUT2D eigenvalue weighted by Crippen LogP contribution is -2.41. The molecule has 0 aliphatic carbocycles. The highest BCUT2D eigenvalue weighted by Gasteiger charge is 2.41. The number of ketones is 1. The molecule has 1 unspecified atom stereocenters. The maximum absolute atomic E-state index is 14.8. The molecule has 1 N–H and O–H groups in total. The minimum Gasteiger partial charge on any atom is -0.400 e. The van der Waals surface area contributed by atoms with Gasteiger partial charge in [0.25, 0.3) is 12.9 Å². The van der Waals surface area contributed by atoms with E-state index in [2.05, 4.69) is 5.10 Å². The number of carbonyl (C=O) groups excluding carboxylic acids is 2. The van der Waals surface area contributed by atoms with E-state index in [1.165, 1.54) is 24.3 Å². The van der Waals surface area contributed by atoms with Crippen LogP contribution in [-0.4, -0.2) is 29.6 Å². The fourth-order valence-electron chi connectivity index (χ4n) is 3.23. The molecule has 1 atom stereocenters. The molecule has 2 aromatic rings. The normalized spacial score (nSPS) is 15.3. The second kappa shape index (κ2) is 13.0. The molecule has 0 saturated heterocycles. The summed E-state index contributed by atoms with van der Waals surface area (Å²) in [6.07, 6.45) is -8.46. The van der Waals surface area contributed by atoms with Crippen molar-refractivity contribution in [3.63, 3.8) is 0 Å². The predicted octanol–water partition coefficient (Wildman–Crippen LogP) is 5.96. The van der Waals surface area contributed by atoms with Crippen LogP contribution in [0.15, 0.2) is 35.4 Å². The van der Waals surface area contributed by atoms with Gasteiger partial charge in [0, 0.05) is 13.5 Å². The Bertz CT molecular complexity index is 1040. The van der Waals surface area contributed by atoms with Gasteiger partial charge in [0.2, 0.25) is 5.91 Å². The van der Waals surface area contributed by atoms with Crippen molar-refractivity contribution in [1.82, 2.24) is 0 Å². The third-order valence-electron chi connectivity index (χ3n) is 4.72. The maximum Gasteiger partial charge on any atom is 0.269 e. The lowest BCUT2D eigenvalue weighted by Gasteiger charge is -2.29. The summed E-state index contributed by atoms with van der Waals surface area (Å²) in [6, 6.07) is 7.36. The topological polar surface area (TPSA) is 70.0 Å². The number of Topliss-reactive ketones (excluding diaryl/α,β-unsaturated/α-hetero) is 1. The number of hydrogen-bond acceptors (Lipinski definition) is 4. The van der Waals surface area contributed by atoms with Crippen LogP contribution in [0.4, 0.5) is 36.4 Å². The molecule has 0 fully saturated rings. The molecule has 12 heteroatoms. The SMILES string of the molecule is CC.CC(=O)C1CC(=O)N(c2ccccc2)N=C1c1c(F)c(C(F)F)c(F)c(C(F)F)c1F.CO. The molecule has 192 valence electrons. The van der Waals surface area contributed by atoms with Crippen LogP contribution in [0.2, 0.25) is 0 Å². The second-order valence-electron chi connectivity index (χ2n) is 6.64. The van der Waals surface area contributed by atoms with Gasteiger partial charge < -0.3 is 5.11 Å². The van der Waals surface area contributed by atoms with Crippen molar-refractivity contribution in [2.45, 2.75) is 40.0 Å². The van der Waals surface area contributed by atoms with Crippen molar-refractivity contribution in [3.05, 3.63) is 64.5 Å². The van der Waals surface area contributed by atoms with Crippen molar-refractivity contribution in [3.8, 4) is 0 Å². The first-order chi connectivity index (χ1) is 16.6. The van der Waals surface area contributed by atoms with E-state index >= 15 is 0 Å². The van der Waals surface area contributed by atoms with Gasteiger partial charge in [-0.1, -0.05) is 32.0 Å². The summed E-state index contributed by atoms with van der Waals surface area (Å²) in [5, 5.41) is 11.4. The zero-order chi connectivity index (χ0) is 27.0. The van der Waals surface area contributed by atoms with Crippen molar-refractivity contribution in [1.29, 1.82) is 0 Å². The Balaban J connectivity index is 0.00000145. The highest BCUT2D eigenvalue weighted by Crippen LogP contribution is 2.38. The minimum atomic E-state index is -3.90. The van der Waals surface area contributed by atoms with Crippen LogP contribution in [0.25, 0.3) is 0 Å². The quantitative estimate of drug-likeness (QED) is 0.507. The molecule has 1 aliphatic heterocycles. The average molecular weight is 508 g/mol. The van der Waals surface area contributed by atoms with Gasteiger partial charge in [-0.25, -0.2) is 35.7 Å². The molecule has 0 saturated carbocycles. The molecule has 2 aromatic carbocycles. The number of amides is 1. The highest BCUT2D eigenvalue weighted by molar-refractivity contribution is 6.19. The first-order valence-electron chi connectivity index (χ1n) is 10.2. The lowest BCUT2D eigenvalue weighted by atomic mass is 9.86. The molecule has 0 aromatic heterocycles. The Morgan fingerprint density at radius 3 is 1.80 bits per heavy atom. The summed E-state index contributed by atoms with van der Waals surface area (Å²) >= 11 is 0. The van der Waals surface area contributed by atoms with Gasteiger partial charge in [-0.3, -0.25) is 9.59 Å². The fourth-order valence-corrected chi connectivity index (χ4v) is 3.23. The monoisotopic (exact) mass is 508 g/mol. The first-order valence-corrected chi connectivity index (χ1v) is 10.2. The number of rotatable bonds is 5. The number of benzene rings is 2. The second-order valence-corrected chi connectivity index (χ2v) is 6.64. The summed E-state index contributed by atoms with van der Waals surface area (Å²) in [6.45, 7) is 4.95. The number of carbonyl (C=O) groups is 2. The van der Waals surface area contributed by atoms with Crippen LogP contribution >= 0.6 is 0 Å². The summed E-state index contributed by atoms with van der Waals surface area (Å²) < 4.78 is 96.8. The largest absolute Gasteiger partial charge is 0.400 e. The Morgan fingerprint density at radius 1 is 0.943 bits per heavy atom. The van der Waals surface area contributed by atoms with Gasteiger partial charge in [-0.15, -0.1) is 0 Å². The molecule has 3 rings (SSSR count). The minimum absolute atomic E-state index is 0.109. The predicted molar refractivity (Wildman–Crippen MR) is 115 cm³/mol. The molecular weight excluding hydrogens is 485 g/mol. The van der Waals surface area contributed by atoms with Crippen LogP contribution < -0.4 is 5.01 Å². The van der Waals surface area contributed by atoms with Gasteiger partial charge >= 0.3 is 0 Å². The van der Waals surface area contributed by atoms with E-state index in [0.717, 1.165) is 14.0 Å². The van der Waals surface area contributed by atoms with E-state index in [1.54, 1.807) is 6.07 Å². The Kier molecular flexibility index (Phi) is 11.0. The molecule has 0 spiro atoms. The molecule has 35 heavy (non-hydrogen) atoms. The number of hydrazone groups is 1. The van der Waals surface area contributed by atoms with E-state index in [4.69, 9.17) is 5.11 Å². The fraction of sp³-hybridized carbons (Fsp3) is 0.348. The number of aliphatic hydroxyl groups excluding tert-OH is 1. The zero-order valence-corrected chi connectivity index (χ0v) is 19.1. The van der Waals surface area contributed by atoms with Crippen LogP contribution in [0.1, 0.15) is 56.7 Å². The van der Waals surface area contributed by atoms with Gasteiger partial charge in [0.05, 0.1) is 34.0 Å². The molecule has 1 amide bonds. The van der Waals surface area contributed by atoms with Crippen LogP contribution in [0, 0.1) is 23.4 Å². The average Bonchev–Trinajstić information content (AvgIpc) is 2.82. The lowest BCUT2D eigenvalue weighted by molar-refractivity contribution is -0.125. The molecule has 0 radical (unpaired) electrons. The van der Waals surface area contributed by atoms with Crippen LogP contribution in [0.5, 0.6) is 0 Å². The highest BCUT2D eigenvalue weighted by atomic mass is 19.3. The van der Waals surface area contributed by atoms with Crippen molar-refractivity contribution in [2.75, 3.05) is 12.1 Å². The Hall–Kier alpha value is -3.28. The standard InChI is InChI=1S/C20H13F7N2O2.C2H6.CH4O/c1-8(30)10-7-11(31)29(9-5-3-2-4-6-9)28-18(10)12-15(21)13(19(24)25)17(23)14(16(12)22)20(26)27;2*1-2/h2-6,10,19-20H,7H2,1H3;1-2H3;2H,1H3. The molecule has 0 bridgehead atoms. The molecular formula is C23H23F7N2O3.